The van der Waals surface area contributed by atoms with Gasteiger partial charge in [-0.3, -0.25) is 0 Å². The third kappa shape index (κ3) is 3.77. The lowest BCUT2D eigenvalue weighted by atomic mass is 9.93. The third-order valence-corrected chi connectivity index (χ3v) is 2.78. The summed E-state index contributed by atoms with van der Waals surface area (Å²) in [5, 5.41) is 9.99. The minimum absolute atomic E-state index is 0.120. The summed E-state index contributed by atoms with van der Waals surface area (Å²) in [6, 6.07) is 7.85. The number of nitrogens with zero attached hydrogens (tertiary/aromatic N) is 1. The van der Waals surface area contributed by atoms with Crippen molar-refractivity contribution >= 4 is 28.8 Å². The predicted molar refractivity (Wildman–Crippen MR) is 81.4 cm³/mol. The molecule has 0 saturated carbocycles. The first kappa shape index (κ1) is 14.5. The molecule has 1 aromatic carbocycles. The lowest BCUT2D eigenvalue weighted by Gasteiger charge is -2.12. The van der Waals surface area contributed by atoms with E-state index in [4.69, 9.17) is 16.7 Å². The largest absolute Gasteiger partial charge is 0.359 e. The van der Waals surface area contributed by atoms with Crippen molar-refractivity contribution in [2.45, 2.75) is 26.2 Å². The maximum absolute atomic E-state index is 13.0. The van der Waals surface area contributed by atoms with Crippen LogP contribution in [-0.4, -0.2) is 10.3 Å². The summed E-state index contributed by atoms with van der Waals surface area (Å²) >= 11 is 5.14. The van der Waals surface area contributed by atoms with E-state index in [1.54, 1.807) is 18.2 Å². The summed E-state index contributed by atoms with van der Waals surface area (Å²) in [4.78, 5) is 0. The SMILES string of the molecule is CC(C)(C)c1cc(NC(=S)Nc2cccc(F)c2)no1. The van der Waals surface area contributed by atoms with E-state index >= 15 is 0 Å². The fourth-order valence-electron chi connectivity index (χ4n) is 1.53. The Bertz CT molecular complexity index is 619. The molecule has 0 radical (unpaired) electrons. The minimum atomic E-state index is -0.325. The summed E-state index contributed by atoms with van der Waals surface area (Å²) in [6.45, 7) is 6.09. The zero-order valence-electron chi connectivity index (χ0n) is 11.5. The second kappa shape index (κ2) is 5.58. The number of rotatable bonds is 2. The first-order valence-electron chi connectivity index (χ1n) is 6.15. The molecule has 4 nitrogen and oxygen atoms in total. The normalized spacial score (nSPS) is 11.2. The van der Waals surface area contributed by atoms with Crippen molar-refractivity contribution in [1.29, 1.82) is 0 Å². The average Bonchev–Trinajstić information content (AvgIpc) is 2.76. The molecule has 0 atom stereocenters. The third-order valence-electron chi connectivity index (χ3n) is 2.57. The van der Waals surface area contributed by atoms with E-state index in [0.717, 1.165) is 5.76 Å². The van der Waals surface area contributed by atoms with Gasteiger partial charge < -0.3 is 15.2 Å². The second-order valence-electron chi connectivity index (χ2n) is 5.42. The van der Waals surface area contributed by atoms with Gasteiger partial charge in [-0.25, -0.2) is 4.39 Å². The highest BCUT2D eigenvalue weighted by molar-refractivity contribution is 7.80. The average molecular weight is 293 g/mol. The van der Waals surface area contributed by atoms with Gasteiger partial charge in [-0.05, 0) is 30.4 Å². The molecule has 106 valence electrons. The summed E-state index contributed by atoms with van der Waals surface area (Å²) in [7, 11) is 0. The Kier molecular flexibility index (Phi) is 4.04. The second-order valence-corrected chi connectivity index (χ2v) is 5.82. The van der Waals surface area contributed by atoms with Gasteiger partial charge in [0.15, 0.2) is 10.9 Å². The molecule has 0 aliphatic carbocycles. The van der Waals surface area contributed by atoms with Crippen molar-refractivity contribution in [3.63, 3.8) is 0 Å². The van der Waals surface area contributed by atoms with Gasteiger partial charge in [0.25, 0.3) is 0 Å². The number of hydrogen-bond donors (Lipinski definition) is 2. The lowest BCUT2D eigenvalue weighted by Crippen LogP contribution is -2.19. The summed E-state index contributed by atoms with van der Waals surface area (Å²) in [5.41, 5.74) is 0.451. The number of halogens is 1. The molecule has 0 spiro atoms. The Morgan fingerprint density at radius 1 is 1.25 bits per heavy atom. The smallest absolute Gasteiger partial charge is 0.176 e. The molecule has 6 heteroatoms. The molecule has 0 saturated heterocycles. The van der Waals surface area contributed by atoms with Crippen LogP contribution in [0, 0.1) is 5.82 Å². The Labute approximate surface area is 122 Å². The summed E-state index contributed by atoms with van der Waals surface area (Å²) < 4.78 is 18.3. The van der Waals surface area contributed by atoms with Gasteiger partial charge in [0.1, 0.15) is 11.6 Å². The Morgan fingerprint density at radius 3 is 2.60 bits per heavy atom. The number of nitrogens with one attached hydrogen (secondary N) is 2. The summed E-state index contributed by atoms with van der Waals surface area (Å²) in [5.74, 6) is 0.951. The van der Waals surface area contributed by atoms with Crippen LogP contribution in [-0.2, 0) is 5.41 Å². The van der Waals surface area contributed by atoms with Crippen LogP contribution in [0.2, 0.25) is 0 Å². The van der Waals surface area contributed by atoms with Crippen molar-refractivity contribution in [3.05, 3.63) is 41.9 Å². The molecule has 0 aliphatic rings. The van der Waals surface area contributed by atoms with E-state index in [1.807, 2.05) is 20.8 Å². The van der Waals surface area contributed by atoms with Gasteiger partial charge >= 0.3 is 0 Å². The van der Waals surface area contributed by atoms with Crippen LogP contribution < -0.4 is 10.6 Å². The lowest BCUT2D eigenvalue weighted by molar-refractivity contribution is 0.331. The van der Waals surface area contributed by atoms with Crippen molar-refractivity contribution < 1.29 is 8.91 Å². The molecule has 2 aromatic rings. The standard InChI is InChI=1S/C14H16FN3OS/c1-14(2,3)11-8-12(18-19-11)17-13(20)16-10-6-4-5-9(15)7-10/h4-8H,1-3H3,(H2,16,17,18,20). The van der Waals surface area contributed by atoms with Crippen LogP contribution in [0.15, 0.2) is 34.9 Å². The van der Waals surface area contributed by atoms with Crippen LogP contribution in [0.1, 0.15) is 26.5 Å². The molecule has 1 heterocycles. The quantitative estimate of drug-likeness (QED) is 0.822. The van der Waals surface area contributed by atoms with Crippen LogP contribution in [0.3, 0.4) is 0 Å². The zero-order valence-corrected chi connectivity index (χ0v) is 12.3. The molecule has 1 aromatic heterocycles. The molecule has 2 rings (SSSR count). The highest BCUT2D eigenvalue weighted by atomic mass is 32.1. The van der Waals surface area contributed by atoms with Crippen molar-refractivity contribution in [3.8, 4) is 0 Å². The van der Waals surface area contributed by atoms with Crippen molar-refractivity contribution in [1.82, 2.24) is 5.16 Å². The Balaban J connectivity index is 2.00. The molecule has 2 N–H and O–H groups in total. The van der Waals surface area contributed by atoms with Crippen LogP contribution in [0.5, 0.6) is 0 Å². The van der Waals surface area contributed by atoms with Gasteiger partial charge in [-0.2, -0.15) is 0 Å². The number of thiocarbonyl (C=S) groups is 1. The fourth-order valence-corrected chi connectivity index (χ4v) is 1.75. The van der Waals surface area contributed by atoms with Gasteiger partial charge in [0.05, 0.1) is 0 Å². The van der Waals surface area contributed by atoms with Gasteiger partial charge in [0, 0.05) is 17.2 Å². The van der Waals surface area contributed by atoms with E-state index < -0.39 is 0 Å². The van der Waals surface area contributed by atoms with E-state index in [-0.39, 0.29) is 11.2 Å². The molecule has 20 heavy (non-hydrogen) atoms. The molecule has 0 aliphatic heterocycles. The van der Waals surface area contributed by atoms with E-state index in [1.165, 1.54) is 12.1 Å². The van der Waals surface area contributed by atoms with Crippen LogP contribution in [0.4, 0.5) is 15.9 Å². The number of hydrogen-bond acceptors (Lipinski definition) is 3. The van der Waals surface area contributed by atoms with Gasteiger partial charge in [-0.1, -0.05) is 32.0 Å². The molecule has 0 amide bonds. The predicted octanol–water partition coefficient (Wildman–Crippen LogP) is 3.92. The highest BCUT2D eigenvalue weighted by Crippen LogP contribution is 2.24. The maximum atomic E-state index is 13.0. The number of anilines is 2. The summed E-state index contributed by atoms with van der Waals surface area (Å²) in [6.07, 6.45) is 0. The number of benzene rings is 1. The zero-order chi connectivity index (χ0) is 14.8. The van der Waals surface area contributed by atoms with Crippen LogP contribution >= 0.6 is 12.2 Å². The topological polar surface area (TPSA) is 50.1 Å². The molecular weight excluding hydrogens is 277 g/mol. The molecular formula is C14H16FN3OS. The van der Waals surface area contributed by atoms with Crippen LogP contribution in [0.25, 0.3) is 0 Å². The molecule has 0 fully saturated rings. The molecule has 0 unspecified atom stereocenters. The maximum Gasteiger partial charge on any atom is 0.176 e. The van der Waals surface area contributed by atoms with Gasteiger partial charge in [-0.15, -0.1) is 0 Å². The Hall–Kier alpha value is -1.95. The minimum Gasteiger partial charge on any atom is -0.359 e. The van der Waals surface area contributed by atoms with E-state index in [0.29, 0.717) is 16.6 Å². The number of aromatic nitrogens is 1. The van der Waals surface area contributed by atoms with E-state index in [2.05, 4.69) is 15.8 Å². The highest BCUT2D eigenvalue weighted by Gasteiger charge is 2.19. The van der Waals surface area contributed by atoms with Crippen molar-refractivity contribution in [2.24, 2.45) is 0 Å². The van der Waals surface area contributed by atoms with Gasteiger partial charge in [0.2, 0.25) is 0 Å². The van der Waals surface area contributed by atoms with E-state index in [9.17, 15) is 4.39 Å². The Morgan fingerprint density at radius 2 is 2.00 bits per heavy atom. The first-order chi connectivity index (χ1) is 9.34. The monoisotopic (exact) mass is 293 g/mol. The molecule has 0 bridgehead atoms. The first-order valence-corrected chi connectivity index (χ1v) is 6.56. The fraction of sp³-hybridized carbons (Fsp3) is 0.286. The van der Waals surface area contributed by atoms with Crippen molar-refractivity contribution in [2.75, 3.05) is 10.6 Å².